The molecule has 4 nitrogen and oxygen atoms in total. The van der Waals surface area contributed by atoms with Crippen molar-refractivity contribution in [3.63, 3.8) is 0 Å². The Kier molecular flexibility index (Phi) is 2.26. The van der Waals surface area contributed by atoms with Crippen LogP contribution >= 0.6 is 11.9 Å². The number of rotatable bonds is 1. The summed E-state index contributed by atoms with van der Waals surface area (Å²) in [6.45, 7) is 0. The SMILES string of the molecule is O=C1NC(=O)c2c1cccc2C1=CC=CSN1. The minimum atomic E-state index is -0.331. The van der Waals surface area contributed by atoms with E-state index >= 15 is 0 Å². The van der Waals surface area contributed by atoms with Crippen molar-refractivity contribution >= 4 is 29.5 Å². The van der Waals surface area contributed by atoms with E-state index in [0.29, 0.717) is 11.1 Å². The van der Waals surface area contributed by atoms with Gasteiger partial charge in [-0.2, -0.15) is 0 Å². The van der Waals surface area contributed by atoms with Gasteiger partial charge in [0.1, 0.15) is 0 Å². The Hall–Kier alpha value is -2.01. The van der Waals surface area contributed by atoms with E-state index in [4.69, 9.17) is 0 Å². The maximum Gasteiger partial charge on any atom is 0.259 e. The Balaban J connectivity index is 2.19. The number of imide groups is 1. The van der Waals surface area contributed by atoms with E-state index in [1.807, 2.05) is 23.6 Å². The zero-order valence-electron chi connectivity index (χ0n) is 8.69. The molecule has 0 saturated heterocycles. The van der Waals surface area contributed by atoms with E-state index in [1.54, 1.807) is 12.1 Å². The molecule has 2 heterocycles. The molecule has 0 radical (unpaired) electrons. The van der Waals surface area contributed by atoms with Crippen LogP contribution in [0.4, 0.5) is 0 Å². The van der Waals surface area contributed by atoms with E-state index in [9.17, 15) is 9.59 Å². The molecule has 17 heavy (non-hydrogen) atoms. The molecule has 1 aromatic rings. The Labute approximate surface area is 102 Å². The first-order valence-electron chi connectivity index (χ1n) is 5.05. The normalized spacial score (nSPS) is 17.3. The fourth-order valence-electron chi connectivity index (χ4n) is 1.89. The van der Waals surface area contributed by atoms with Crippen LogP contribution in [-0.2, 0) is 0 Å². The van der Waals surface area contributed by atoms with Gasteiger partial charge in [-0.1, -0.05) is 18.2 Å². The van der Waals surface area contributed by atoms with Crippen LogP contribution in [0.1, 0.15) is 26.3 Å². The van der Waals surface area contributed by atoms with Crippen LogP contribution in [0, 0.1) is 0 Å². The minimum Gasteiger partial charge on any atom is -0.326 e. The van der Waals surface area contributed by atoms with Crippen molar-refractivity contribution in [1.82, 2.24) is 10.0 Å². The summed E-state index contributed by atoms with van der Waals surface area (Å²) in [6, 6.07) is 5.26. The molecule has 0 spiro atoms. The van der Waals surface area contributed by atoms with Crippen LogP contribution in [0.15, 0.2) is 35.8 Å². The van der Waals surface area contributed by atoms with Crippen molar-refractivity contribution in [2.45, 2.75) is 0 Å². The third-order valence-electron chi connectivity index (χ3n) is 2.63. The third kappa shape index (κ3) is 1.55. The maximum atomic E-state index is 11.7. The molecule has 3 rings (SSSR count). The minimum absolute atomic E-state index is 0.327. The predicted molar refractivity (Wildman–Crippen MR) is 66.1 cm³/mol. The maximum absolute atomic E-state index is 11.7. The number of allylic oxidation sites excluding steroid dienone is 2. The van der Waals surface area contributed by atoms with E-state index in [1.165, 1.54) is 11.9 Å². The number of nitrogens with one attached hydrogen (secondary N) is 2. The molecule has 5 heteroatoms. The van der Waals surface area contributed by atoms with Gasteiger partial charge in [-0.25, -0.2) is 0 Å². The van der Waals surface area contributed by atoms with Crippen LogP contribution in [0.2, 0.25) is 0 Å². The lowest BCUT2D eigenvalue weighted by atomic mass is 10.0. The molecule has 2 N–H and O–H groups in total. The van der Waals surface area contributed by atoms with Gasteiger partial charge in [-0.05, 0) is 29.5 Å². The molecule has 2 amide bonds. The average molecular weight is 244 g/mol. The molecule has 0 saturated carbocycles. The van der Waals surface area contributed by atoms with Gasteiger partial charge in [0, 0.05) is 5.56 Å². The quantitative estimate of drug-likeness (QED) is 0.583. The fraction of sp³-hybridized carbons (Fsp3) is 0. The number of fused-ring (bicyclic) bond motifs is 1. The summed E-state index contributed by atoms with van der Waals surface area (Å²) in [5.74, 6) is -0.658. The standard InChI is InChI=1S/C12H8N2O2S/c15-11-8-4-1-3-7(10(8)12(16)13-11)9-5-2-6-17-14-9/h1-6,14H,(H,13,15,16). The second-order valence-corrected chi connectivity index (χ2v) is 4.35. The highest BCUT2D eigenvalue weighted by atomic mass is 32.2. The topological polar surface area (TPSA) is 58.2 Å². The number of carbonyl (C=O) groups excluding carboxylic acids is 2. The smallest absolute Gasteiger partial charge is 0.259 e. The molecule has 0 aromatic heterocycles. The monoisotopic (exact) mass is 244 g/mol. The summed E-state index contributed by atoms with van der Waals surface area (Å²) in [5, 5.41) is 4.20. The van der Waals surface area contributed by atoms with Crippen LogP contribution in [-0.4, -0.2) is 11.8 Å². The highest BCUT2D eigenvalue weighted by molar-refractivity contribution is 8.00. The summed E-state index contributed by atoms with van der Waals surface area (Å²) >= 11 is 1.43. The van der Waals surface area contributed by atoms with E-state index in [-0.39, 0.29) is 11.8 Å². The van der Waals surface area contributed by atoms with Crippen molar-refractivity contribution in [3.05, 3.63) is 52.4 Å². The first-order valence-corrected chi connectivity index (χ1v) is 5.93. The summed E-state index contributed by atoms with van der Waals surface area (Å²) in [6.07, 6.45) is 3.77. The lowest BCUT2D eigenvalue weighted by Crippen LogP contribution is -2.20. The van der Waals surface area contributed by atoms with Crippen molar-refractivity contribution < 1.29 is 9.59 Å². The Morgan fingerprint density at radius 1 is 1.06 bits per heavy atom. The van der Waals surface area contributed by atoms with E-state index < -0.39 is 0 Å². The summed E-state index contributed by atoms with van der Waals surface area (Å²) < 4.78 is 3.10. The lowest BCUT2D eigenvalue weighted by Gasteiger charge is -2.13. The Morgan fingerprint density at radius 3 is 2.65 bits per heavy atom. The van der Waals surface area contributed by atoms with Gasteiger partial charge >= 0.3 is 0 Å². The average Bonchev–Trinajstić information content (AvgIpc) is 2.66. The second-order valence-electron chi connectivity index (χ2n) is 3.64. The summed E-state index contributed by atoms with van der Waals surface area (Å²) in [5.41, 5.74) is 2.48. The molecule has 0 unspecified atom stereocenters. The van der Waals surface area contributed by atoms with Crippen LogP contribution in [0.25, 0.3) is 5.70 Å². The highest BCUT2D eigenvalue weighted by Crippen LogP contribution is 2.27. The van der Waals surface area contributed by atoms with Gasteiger partial charge in [0.25, 0.3) is 11.8 Å². The van der Waals surface area contributed by atoms with Crippen LogP contribution < -0.4 is 10.0 Å². The fourth-order valence-corrected chi connectivity index (χ4v) is 2.42. The largest absolute Gasteiger partial charge is 0.326 e. The van der Waals surface area contributed by atoms with Gasteiger partial charge in [0.2, 0.25) is 0 Å². The second kappa shape index (κ2) is 3.78. The number of carbonyl (C=O) groups is 2. The summed E-state index contributed by atoms with van der Waals surface area (Å²) in [7, 11) is 0. The molecular formula is C12H8N2O2S. The molecule has 2 aliphatic rings. The zero-order valence-corrected chi connectivity index (χ0v) is 9.51. The van der Waals surface area contributed by atoms with Gasteiger partial charge in [0.15, 0.2) is 0 Å². The van der Waals surface area contributed by atoms with Crippen LogP contribution in [0.3, 0.4) is 0 Å². The molecule has 0 aliphatic carbocycles. The third-order valence-corrected chi connectivity index (χ3v) is 3.26. The van der Waals surface area contributed by atoms with Crippen molar-refractivity contribution in [1.29, 1.82) is 0 Å². The van der Waals surface area contributed by atoms with Crippen molar-refractivity contribution in [2.24, 2.45) is 0 Å². The first-order chi connectivity index (χ1) is 8.27. The molecule has 2 aliphatic heterocycles. The number of amides is 2. The highest BCUT2D eigenvalue weighted by Gasteiger charge is 2.30. The van der Waals surface area contributed by atoms with Gasteiger partial charge in [-0.3, -0.25) is 14.9 Å². The predicted octanol–water partition coefficient (Wildman–Crippen LogP) is 1.68. The first kappa shape index (κ1) is 10.2. The molecular weight excluding hydrogens is 236 g/mol. The lowest BCUT2D eigenvalue weighted by molar-refractivity contribution is 0.0879. The van der Waals surface area contributed by atoms with Crippen molar-refractivity contribution in [2.75, 3.05) is 0 Å². The number of hydrogen-bond acceptors (Lipinski definition) is 4. The van der Waals surface area contributed by atoms with Crippen LogP contribution in [0.5, 0.6) is 0 Å². The molecule has 0 bridgehead atoms. The summed E-state index contributed by atoms with van der Waals surface area (Å²) in [4.78, 5) is 23.2. The zero-order chi connectivity index (χ0) is 11.8. The van der Waals surface area contributed by atoms with Gasteiger partial charge in [-0.15, -0.1) is 0 Å². The van der Waals surface area contributed by atoms with Gasteiger partial charge in [0.05, 0.1) is 16.8 Å². The molecule has 1 aromatic carbocycles. The van der Waals surface area contributed by atoms with E-state index in [2.05, 4.69) is 10.0 Å². The Morgan fingerprint density at radius 2 is 1.88 bits per heavy atom. The number of benzene rings is 1. The van der Waals surface area contributed by atoms with Crippen molar-refractivity contribution in [3.8, 4) is 0 Å². The van der Waals surface area contributed by atoms with E-state index in [0.717, 1.165) is 11.3 Å². The molecule has 84 valence electrons. The Bertz CT molecular complexity index is 590. The number of hydrogen-bond donors (Lipinski definition) is 2. The molecule has 0 atom stereocenters. The van der Waals surface area contributed by atoms with Gasteiger partial charge < -0.3 is 4.72 Å². The molecule has 0 fully saturated rings.